The van der Waals surface area contributed by atoms with Crippen molar-refractivity contribution in [1.82, 2.24) is 25.5 Å². The van der Waals surface area contributed by atoms with E-state index in [4.69, 9.17) is 4.74 Å². The molecule has 1 amide bonds. The molecule has 0 saturated carbocycles. The Morgan fingerprint density at radius 1 is 1.03 bits per heavy atom. The Morgan fingerprint density at radius 3 is 2.34 bits per heavy atom. The molecule has 3 aromatic carbocycles. The fourth-order valence-corrected chi connectivity index (χ4v) is 4.13. The maximum Gasteiger partial charge on any atom is 0.357 e. The van der Waals surface area contributed by atoms with Gasteiger partial charge in [-0.3, -0.25) is 4.79 Å². The normalized spacial score (nSPS) is 12.7. The first-order valence-corrected chi connectivity index (χ1v) is 10.9. The Bertz CT molecular complexity index is 1420. The van der Waals surface area contributed by atoms with E-state index in [9.17, 15) is 14.0 Å². The van der Waals surface area contributed by atoms with Gasteiger partial charge in [0.2, 0.25) is 0 Å². The van der Waals surface area contributed by atoms with E-state index in [-0.39, 0.29) is 11.7 Å². The molecule has 0 fully saturated rings. The maximum atomic E-state index is 13.7. The van der Waals surface area contributed by atoms with Crippen molar-refractivity contribution in [2.45, 2.75) is 13.0 Å². The van der Waals surface area contributed by atoms with E-state index >= 15 is 0 Å². The van der Waals surface area contributed by atoms with Crippen molar-refractivity contribution >= 4 is 23.6 Å². The van der Waals surface area contributed by atoms with Gasteiger partial charge in [0, 0.05) is 0 Å². The molecule has 5 rings (SSSR count). The summed E-state index contributed by atoms with van der Waals surface area (Å²) in [5, 5.41) is 14.1. The van der Waals surface area contributed by atoms with Crippen LogP contribution in [0.2, 0.25) is 0 Å². The first-order valence-electron chi connectivity index (χ1n) is 10.9. The van der Waals surface area contributed by atoms with Gasteiger partial charge in [-0.05, 0) is 63.4 Å². The van der Waals surface area contributed by atoms with Crippen molar-refractivity contribution in [3.05, 3.63) is 101 Å². The summed E-state index contributed by atoms with van der Waals surface area (Å²) in [5.41, 5.74) is 4.42. The largest absolute Gasteiger partial charge is 0.451 e. The second kappa shape index (κ2) is 9.30. The number of tetrazole rings is 1. The highest BCUT2D eigenvalue weighted by atomic mass is 19.1. The Kier molecular flexibility index (Phi) is 5.88. The molecular weight excluding hydrogens is 449 g/mol. The molecule has 4 aromatic rings. The fraction of sp³-hybridized carbons (Fsp3) is 0.115. The van der Waals surface area contributed by atoms with Gasteiger partial charge in [0.15, 0.2) is 18.1 Å². The Labute approximate surface area is 200 Å². The molecule has 1 N–H and O–H groups in total. The molecule has 174 valence electrons. The number of hydrogen-bond acceptors (Lipinski definition) is 6. The predicted octanol–water partition coefficient (Wildman–Crippen LogP) is 3.55. The van der Waals surface area contributed by atoms with Crippen LogP contribution in [0.25, 0.3) is 22.9 Å². The maximum absolute atomic E-state index is 13.7. The van der Waals surface area contributed by atoms with E-state index in [1.807, 2.05) is 48.5 Å². The van der Waals surface area contributed by atoms with Crippen molar-refractivity contribution < 1.29 is 18.7 Å². The topological polar surface area (TPSA) is 99.0 Å². The third-order valence-corrected chi connectivity index (χ3v) is 5.69. The highest BCUT2D eigenvalue weighted by Gasteiger charge is 2.29. The number of carbonyl (C=O) groups excluding carboxylic acids is 2. The lowest BCUT2D eigenvalue weighted by atomic mass is 10.1. The SMILES string of the molecule is Cc1nnnn1/C(=C/c1cccc(F)c1)C(=O)OCC(=O)NC1c2ccccc2-c2ccccc21. The average Bonchev–Trinajstić information content (AvgIpc) is 3.43. The van der Waals surface area contributed by atoms with E-state index in [0.717, 1.165) is 22.3 Å². The lowest BCUT2D eigenvalue weighted by molar-refractivity contribution is -0.143. The molecule has 0 spiro atoms. The number of carbonyl (C=O) groups is 2. The number of aromatic nitrogens is 4. The molecule has 0 radical (unpaired) electrons. The highest BCUT2D eigenvalue weighted by molar-refractivity contribution is 6.15. The minimum Gasteiger partial charge on any atom is -0.451 e. The number of ether oxygens (including phenoxy) is 1. The smallest absolute Gasteiger partial charge is 0.357 e. The summed E-state index contributed by atoms with van der Waals surface area (Å²) in [5.74, 6) is -1.43. The van der Waals surface area contributed by atoms with Crippen LogP contribution in [0.4, 0.5) is 4.39 Å². The van der Waals surface area contributed by atoms with Crippen LogP contribution in [-0.2, 0) is 14.3 Å². The zero-order valence-corrected chi connectivity index (χ0v) is 18.7. The molecule has 9 heteroatoms. The molecule has 1 aliphatic rings. The molecule has 0 bridgehead atoms. The van der Waals surface area contributed by atoms with Crippen LogP contribution in [-0.4, -0.2) is 38.7 Å². The van der Waals surface area contributed by atoms with Gasteiger partial charge >= 0.3 is 5.97 Å². The van der Waals surface area contributed by atoms with Crippen LogP contribution in [0.5, 0.6) is 0 Å². The molecule has 35 heavy (non-hydrogen) atoms. The summed E-state index contributed by atoms with van der Waals surface area (Å²) >= 11 is 0. The quantitative estimate of drug-likeness (QED) is 0.343. The van der Waals surface area contributed by atoms with E-state index in [0.29, 0.717) is 11.4 Å². The zero-order valence-electron chi connectivity index (χ0n) is 18.7. The summed E-state index contributed by atoms with van der Waals surface area (Å²) in [6.45, 7) is 1.09. The Balaban J connectivity index is 1.33. The van der Waals surface area contributed by atoms with Gasteiger partial charge in [-0.2, -0.15) is 4.68 Å². The Morgan fingerprint density at radius 2 is 1.71 bits per heavy atom. The van der Waals surface area contributed by atoms with Gasteiger partial charge in [-0.15, -0.1) is 5.10 Å². The number of amides is 1. The number of nitrogens with zero attached hydrogens (tertiary/aromatic N) is 4. The van der Waals surface area contributed by atoms with E-state index in [2.05, 4.69) is 20.8 Å². The minimum absolute atomic E-state index is 0.0533. The summed E-state index contributed by atoms with van der Waals surface area (Å²) in [4.78, 5) is 25.7. The number of halogens is 1. The van der Waals surface area contributed by atoms with Crippen LogP contribution >= 0.6 is 0 Å². The molecule has 1 aliphatic carbocycles. The van der Waals surface area contributed by atoms with Crippen molar-refractivity contribution in [1.29, 1.82) is 0 Å². The average molecular weight is 469 g/mol. The summed E-state index contributed by atoms with van der Waals surface area (Å²) in [6, 6.07) is 21.0. The van der Waals surface area contributed by atoms with Crippen LogP contribution < -0.4 is 5.32 Å². The fourth-order valence-electron chi connectivity index (χ4n) is 4.13. The summed E-state index contributed by atoms with van der Waals surface area (Å²) in [6.07, 6.45) is 1.40. The number of nitrogens with one attached hydrogen (secondary N) is 1. The van der Waals surface area contributed by atoms with Crippen molar-refractivity contribution in [2.24, 2.45) is 0 Å². The van der Waals surface area contributed by atoms with Gasteiger partial charge in [0.1, 0.15) is 5.82 Å². The molecule has 0 saturated heterocycles. The van der Waals surface area contributed by atoms with Crippen LogP contribution in [0, 0.1) is 12.7 Å². The number of benzene rings is 3. The van der Waals surface area contributed by atoms with E-state index < -0.39 is 24.3 Å². The second-order valence-electron chi connectivity index (χ2n) is 7.97. The van der Waals surface area contributed by atoms with Gasteiger partial charge < -0.3 is 10.1 Å². The van der Waals surface area contributed by atoms with E-state index in [1.54, 1.807) is 13.0 Å². The van der Waals surface area contributed by atoms with Gasteiger partial charge in [0.05, 0.1) is 6.04 Å². The van der Waals surface area contributed by atoms with Gasteiger partial charge in [-0.25, -0.2) is 9.18 Å². The van der Waals surface area contributed by atoms with E-state index in [1.165, 1.54) is 29.0 Å². The molecule has 0 atom stereocenters. The monoisotopic (exact) mass is 469 g/mol. The van der Waals surface area contributed by atoms with Crippen LogP contribution in [0.3, 0.4) is 0 Å². The second-order valence-corrected chi connectivity index (χ2v) is 7.97. The standard InChI is InChI=1S/C26H20FN5O3/c1-16-29-30-31-32(16)23(14-17-7-6-8-18(27)13-17)26(34)35-15-24(33)28-25-21-11-4-2-9-19(21)20-10-3-5-12-22(20)25/h2-14,25H,15H2,1H3,(H,28,33)/b23-14+. The Hall–Kier alpha value is -4.66. The zero-order chi connectivity index (χ0) is 24.4. The first-order chi connectivity index (χ1) is 17.0. The third kappa shape index (κ3) is 4.43. The molecule has 0 aliphatic heterocycles. The lowest BCUT2D eigenvalue weighted by Gasteiger charge is -2.16. The van der Waals surface area contributed by atoms with Crippen molar-refractivity contribution in [3.8, 4) is 11.1 Å². The highest BCUT2D eigenvalue weighted by Crippen LogP contribution is 2.42. The lowest BCUT2D eigenvalue weighted by Crippen LogP contribution is -2.32. The molecule has 8 nitrogen and oxygen atoms in total. The molecule has 1 aromatic heterocycles. The number of aryl methyl sites for hydroxylation is 1. The molecule has 0 unspecified atom stereocenters. The summed E-state index contributed by atoms with van der Waals surface area (Å²) < 4.78 is 20.1. The van der Waals surface area contributed by atoms with Crippen LogP contribution in [0.1, 0.15) is 28.6 Å². The van der Waals surface area contributed by atoms with Gasteiger partial charge in [-0.1, -0.05) is 60.7 Å². The first kappa shape index (κ1) is 22.1. The minimum atomic E-state index is -0.827. The third-order valence-electron chi connectivity index (χ3n) is 5.69. The van der Waals surface area contributed by atoms with Crippen molar-refractivity contribution in [2.75, 3.05) is 6.61 Å². The number of hydrogen-bond donors (Lipinski definition) is 1. The predicted molar refractivity (Wildman–Crippen MR) is 126 cm³/mol. The van der Waals surface area contributed by atoms with Gasteiger partial charge in [0.25, 0.3) is 5.91 Å². The van der Waals surface area contributed by atoms with Crippen LogP contribution in [0.15, 0.2) is 72.8 Å². The molecule has 1 heterocycles. The molecular formula is C26H20FN5O3. The summed E-state index contributed by atoms with van der Waals surface area (Å²) in [7, 11) is 0. The number of esters is 1. The number of fused-ring (bicyclic) bond motifs is 3. The van der Waals surface area contributed by atoms with Crippen molar-refractivity contribution in [3.63, 3.8) is 0 Å². The number of rotatable bonds is 6.